The fraction of sp³-hybridized carbons (Fsp3) is 0.240. The number of halogens is 1. The van der Waals surface area contributed by atoms with Crippen LogP contribution >= 0.6 is 11.6 Å². The quantitative estimate of drug-likeness (QED) is 0.474. The predicted molar refractivity (Wildman–Crippen MR) is 131 cm³/mol. The molecule has 0 saturated carbocycles. The molecule has 0 radical (unpaired) electrons. The van der Waals surface area contributed by atoms with Crippen LogP contribution in [0.3, 0.4) is 0 Å². The van der Waals surface area contributed by atoms with Gasteiger partial charge < -0.3 is 10.1 Å². The van der Waals surface area contributed by atoms with Crippen molar-refractivity contribution in [3.8, 4) is 5.75 Å². The summed E-state index contributed by atoms with van der Waals surface area (Å²) in [5.74, 6) is 0.257. The number of hydrogen-bond acceptors (Lipinski definition) is 4. The summed E-state index contributed by atoms with van der Waals surface area (Å²) in [5, 5.41) is 3.28. The van der Waals surface area contributed by atoms with Crippen LogP contribution in [0.15, 0.2) is 77.7 Å². The third-order valence-corrected chi connectivity index (χ3v) is 6.98. The minimum atomic E-state index is -3.98. The molecule has 0 saturated heterocycles. The van der Waals surface area contributed by atoms with E-state index in [0.717, 1.165) is 15.4 Å². The van der Waals surface area contributed by atoms with E-state index >= 15 is 0 Å². The average Bonchev–Trinajstić information content (AvgIpc) is 2.78. The van der Waals surface area contributed by atoms with Crippen molar-refractivity contribution in [3.63, 3.8) is 0 Å². The largest absolute Gasteiger partial charge is 0.491 e. The lowest BCUT2D eigenvalue weighted by Crippen LogP contribution is -2.45. The molecule has 3 rings (SSSR count). The van der Waals surface area contributed by atoms with E-state index in [4.69, 9.17) is 16.3 Å². The van der Waals surface area contributed by atoms with Crippen molar-refractivity contribution in [2.45, 2.75) is 31.7 Å². The summed E-state index contributed by atoms with van der Waals surface area (Å²) in [4.78, 5) is 12.9. The first-order valence-electron chi connectivity index (χ1n) is 10.5. The Kier molecular flexibility index (Phi) is 8.00. The summed E-state index contributed by atoms with van der Waals surface area (Å²) in [6.07, 6.45) is 0. The number of amides is 1. The van der Waals surface area contributed by atoms with E-state index < -0.39 is 15.9 Å². The predicted octanol–water partition coefficient (Wildman–Crippen LogP) is 4.74. The van der Waals surface area contributed by atoms with E-state index in [1.54, 1.807) is 43.3 Å². The second kappa shape index (κ2) is 10.7. The monoisotopic (exact) mass is 486 g/mol. The first-order valence-corrected chi connectivity index (χ1v) is 12.3. The van der Waals surface area contributed by atoms with Gasteiger partial charge >= 0.3 is 0 Å². The number of rotatable bonds is 9. The molecule has 1 atom stereocenters. The number of nitrogens with zero attached hydrogens (tertiary/aromatic N) is 1. The van der Waals surface area contributed by atoms with Gasteiger partial charge in [0.1, 0.15) is 18.9 Å². The summed E-state index contributed by atoms with van der Waals surface area (Å²) >= 11 is 5.97. The van der Waals surface area contributed by atoms with E-state index in [2.05, 4.69) is 5.32 Å². The smallest absolute Gasteiger partial charge is 0.264 e. The molecule has 6 nitrogen and oxygen atoms in total. The molecule has 0 aliphatic rings. The highest BCUT2D eigenvalue weighted by Gasteiger charge is 2.27. The maximum absolute atomic E-state index is 13.4. The fourth-order valence-electron chi connectivity index (χ4n) is 3.11. The van der Waals surface area contributed by atoms with Gasteiger partial charge in [0, 0.05) is 5.02 Å². The molecule has 0 spiro atoms. The van der Waals surface area contributed by atoms with Crippen LogP contribution in [0.5, 0.6) is 5.75 Å². The van der Waals surface area contributed by atoms with Gasteiger partial charge in [-0.15, -0.1) is 0 Å². The molecular formula is C25H27ClN2O4S. The van der Waals surface area contributed by atoms with Gasteiger partial charge in [0.05, 0.1) is 16.6 Å². The number of carbonyl (C=O) groups excluding carboxylic acids is 1. The maximum atomic E-state index is 13.4. The molecule has 0 heterocycles. The van der Waals surface area contributed by atoms with E-state index in [1.165, 1.54) is 12.1 Å². The lowest BCUT2D eigenvalue weighted by atomic mass is 10.2. The summed E-state index contributed by atoms with van der Waals surface area (Å²) in [6, 6.07) is 20.1. The molecule has 3 aromatic carbocycles. The van der Waals surface area contributed by atoms with E-state index in [1.807, 2.05) is 38.1 Å². The molecule has 1 N–H and O–H groups in total. The van der Waals surface area contributed by atoms with Gasteiger partial charge in [0.15, 0.2) is 0 Å². The first-order chi connectivity index (χ1) is 15.6. The van der Waals surface area contributed by atoms with Crippen LogP contribution < -0.4 is 14.4 Å². The topological polar surface area (TPSA) is 75.7 Å². The second-order valence-corrected chi connectivity index (χ2v) is 10.2. The summed E-state index contributed by atoms with van der Waals surface area (Å²) in [7, 11) is -3.98. The Bertz CT molecular complexity index is 1180. The molecule has 33 heavy (non-hydrogen) atoms. The van der Waals surface area contributed by atoms with Crippen molar-refractivity contribution in [1.29, 1.82) is 0 Å². The Labute approximate surface area is 200 Å². The van der Waals surface area contributed by atoms with E-state index in [0.29, 0.717) is 16.5 Å². The molecule has 0 aliphatic carbocycles. The number of benzene rings is 3. The average molecular weight is 487 g/mol. The number of hydrogen-bond donors (Lipinski definition) is 1. The zero-order chi connectivity index (χ0) is 24.0. The Morgan fingerprint density at radius 1 is 0.939 bits per heavy atom. The molecule has 0 aromatic heterocycles. The standard InChI is InChI=1S/C25H27ClN2O4S/c1-18-4-12-23(13-5-18)32-17-20(3)27-25(29)16-28(22-10-8-21(26)9-11-22)33(30,31)24-14-6-19(2)7-15-24/h4-15,20H,16-17H2,1-3H3,(H,27,29). The molecule has 174 valence electrons. The Balaban J connectivity index is 1.73. The highest BCUT2D eigenvalue weighted by Crippen LogP contribution is 2.25. The maximum Gasteiger partial charge on any atom is 0.264 e. The third kappa shape index (κ3) is 6.73. The Hall–Kier alpha value is -3.03. The first kappa shape index (κ1) is 24.6. The van der Waals surface area contributed by atoms with Gasteiger partial charge in [0.2, 0.25) is 5.91 Å². The minimum Gasteiger partial charge on any atom is -0.491 e. The number of aryl methyl sites for hydroxylation is 2. The molecule has 3 aromatic rings. The van der Waals surface area contributed by atoms with Crippen LogP contribution in [-0.4, -0.2) is 33.5 Å². The Morgan fingerprint density at radius 2 is 1.48 bits per heavy atom. The van der Waals surface area contributed by atoms with Crippen molar-refractivity contribution < 1.29 is 17.9 Å². The number of sulfonamides is 1. The van der Waals surface area contributed by atoms with Crippen LogP contribution in [-0.2, 0) is 14.8 Å². The van der Waals surface area contributed by atoms with Crippen LogP contribution in [0.2, 0.25) is 5.02 Å². The van der Waals surface area contributed by atoms with Gasteiger partial charge in [-0.25, -0.2) is 8.42 Å². The lowest BCUT2D eigenvalue weighted by molar-refractivity contribution is -0.120. The van der Waals surface area contributed by atoms with Crippen molar-refractivity contribution in [1.82, 2.24) is 5.32 Å². The van der Waals surface area contributed by atoms with Gasteiger partial charge in [-0.1, -0.05) is 47.0 Å². The van der Waals surface area contributed by atoms with Crippen molar-refractivity contribution in [2.75, 3.05) is 17.5 Å². The van der Waals surface area contributed by atoms with Crippen LogP contribution in [0.1, 0.15) is 18.1 Å². The molecule has 1 unspecified atom stereocenters. The highest BCUT2D eigenvalue weighted by atomic mass is 35.5. The summed E-state index contributed by atoms with van der Waals surface area (Å²) in [6.45, 7) is 5.53. The molecule has 8 heteroatoms. The van der Waals surface area contributed by atoms with Gasteiger partial charge in [0.25, 0.3) is 10.0 Å². The third-order valence-electron chi connectivity index (χ3n) is 4.94. The van der Waals surface area contributed by atoms with Crippen LogP contribution in [0, 0.1) is 13.8 Å². The molecule has 0 aliphatic heterocycles. The highest BCUT2D eigenvalue weighted by molar-refractivity contribution is 7.92. The van der Waals surface area contributed by atoms with Gasteiger partial charge in [-0.3, -0.25) is 9.10 Å². The molecule has 0 bridgehead atoms. The van der Waals surface area contributed by atoms with Crippen molar-refractivity contribution in [3.05, 3.63) is 88.9 Å². The minimum absolute atomic E-state index is 0.103. The number of carbonyl (C=O) groups is 1. The van der Waals surface area contributed by atoms with Crippen LogP contribution in [0.25, 0.3) is 0 Å². The lowest BCUT2D eigenvalue weighted by Gasteiger charge is -2.25. The van der Waals surface area contributed by atoms with Gasteiger partial charge in [-0.2, -0.15) is 0 Å². The number of anilines is 1. The second-order valence-electron chi connectivity index (χ2n) is 7.89. The zero-order valence-corrected chi connectivity index (χ0v) is 20.4. The molecule has 0 fully saturated rings. The summed E-state index contributed by atoms with van der Waals surface area (Å²) in [5.41, 5.74) is 2.41. The fourth-order valence-corrected chi connectivity index (χ4v) is 4.66. The number of nitrogens with one attached hydrogen (secondary N) is 1. The Morgan fingerprint density at radius 3 is 2.06 bits per heavy atom. The van der Waals surface area contributed by atoms with Crippen molar-refractivity contribution >= 4 is 33.2 Å². The van der Waals surface area contributed by atoms with Crippen molar-refractivity contribution in [2.24, 2.45) is 0 Å². The van der Waals surface area contributed by atoms with Crippen LogP contribution in [0.4, 0.5) is 5.69 Å². The van der Waals surface area contributed by atoms with E-state index in [9.17, 15) is 13.2 Å². The normalized spacial score (nSPS) is 12.1. The van der Waals surface area contributed by atoms with Gasteiger partial charge in [-0.05, 0) is 69.3 Å². The molecular weight excluding hydrogens is 460 g/mol. The molecule has 1 amide bonds. The SMILES string of the molecule is Cc1ccc(OCC(C)NC(=O)CN(c2ccc(Cl)cc2)S(=O)(=O)c2ccc(C)cc2)cc1. The zero-order valence-electron chi connectivity index (χ0n) is 18.8. The summed E-state index contributed by atoms with van der Waals surface area (Å²) < 4.78 is 33.5. The number of ether oxygens (including phenoxy) is 1. The van der Waals surface area contributed by atoms with E-state index in [-0.39, 0.29) is 24.1 Å².